The van der Waals surface area contributed by atoms with Crippen molar-refractivity contribution in [1.82, 2.24) is 4.90 Å². The Kier molecular flexibility index (Phi) is 6.02. The van der Waals surface area contributed by atoms with E-state index in [-0.39, 0.29) is 18.5 Å². The van der Waals surface area contributed by atoms with Crippen molar-refractivity contribution in [1.29, 1.82) is 0 Å². The topological polar surface area (TPSA) is 72.6 Å². The zero-order chi connectivity index (χ0) is 18.4. The van der Waals surface area contributed by atoms with Crippen LogP contribution in [-0.4, -0.2) is 28.9 Å². The van der Waals surface area contributed by atoms with Gasteiger partial charge in [-0.15, -0.1) is 0 Å². The van der Waals surface area contributed by atoms with Crippen LogP contribution in [0, 0.1) is 0 Å². The molecule has 2 aromatic carbocycles. The molecule has 0 spiro atoms. The predicted molar refractivity (Wildman–Crippen MR) is 98.8 cm³/mol. The molecular formula is C21H24N2O3. The smallest absolute Gasteiger partial charge is 0.323 e. The van der Waals surface area contributed by atoms with Gasteiger partial charge in [-0.2, -0.15) is 0 Å². The third kappa shape index (κ3) is 4.49. The molecule has 3 rings (SSSR count). The molecule has 26 heavy (non-hydrogen) atoms. The molecule has 2 N–H and O–H groups in total. The molecular weight excluding hydrogens is 328 g/mol. The van der Waals surface area contributed by atoms with Crippen LogP contribution in [0.5, 0.6) is 0 Å². The fraction of sp³-hybridized carbons (Fsp3) is 0.333. The van der Waals surface area contributed by atoms with Gasteiger partial charge < -0.3 is 10.5 Å². The van der Waals surface area contributed by atoms with E-state index >= 15 is 0 Å². The van der Waals surface area contributed by atoms with Crippen LogP contribution in [0.25, 0.3) is 0 Å². The molecule has 5 nitrogen and oxygen atoms in total. The number of nitrogens with zero attached hydrogens (tertiary/aromatic N) is 1. The number of ether oxygens (including phenoxy) is 1. The zero-order valence-corrected chi connectivity index (χ0v) is 14.7. The third-order valence-corrected chi connectivity index (χ3v) is 4.79. The second-order valence-corrected chi connectivity index (χ2v) is 6.62. The normalized spacial score (nSPS) is 20.5. The molecule has 1 amide bonds. The lowest BCUT2D eigenvalue weighted by Gasteiger charge is -2.39. The van der Waals surface area contributed by atoms with Gasteiger partial charge in [0.15, 0.2) is 0 Å². The Labute approximate surface area is 153 Å². The molecule has 0 aromatic heterocycles. The maximum absolute atomic E-state index is 12.7. The van der Waals surface area contributed by atoms with Crippen molar-refractivity contribution >= 4 is 11.9 Å². The molecule has 1 aliphatic heterocycles. The highest BCUT2D eigenvalue weighted by Gasteiger charge is 2.38. The van der Waals surface area contributed by atoms with Crippen LogP contribution in [-0.2, 0) is 27.5 Å². The summed E-state index contributed by atoms with van der Waals surface area (Å²) in [5.74, 6) is -0.683. The average molecular weight is 352 g/mol. The largest absolute Gasteiger partial charge is 0.460 e. The van der Waals surface area contributed by atoms with Gasteiger partial charge in [-0.3, -0.25) is 14.5 Å². The van der Waals surface area contributed by atoms with E-state index < -0.39 is 12.1 Å². The number of hydrogen-bond donors (Lipinski definition) is 1. The van der Waals surface area contributed by atoms with E-state index in [0.717, 1.165) is 17.5 Å². The third-order valence-electron chi connectivity index (χ3n) is 4.79. The Morgan fingerprint density at radius 2 is 1.50 bits per heavy atom. The summed E-state index contributed by atoms with van der Waals surface area (Å²) >= 11 is 0. The van der Waals surface area contributed by atoms with Gasteiger partial charge in [-0.1, -0.05) is 60.7 Å². The van der Waals surface area contributed by atoms with Crippen molar-refractivity contribution in [2.75, 3.05) is 0 Å². The minimum atomic E-state index is -0.454. The van der Waals surface area contributed by atoms with Crippen LogP contribution in [0.15, 0.2) is 60.7 Å². The lowest BCUT2D eigenvalue weighted by molar-refractivity contribution is -0.155. The number of piperidine rings is 1. The Morgan fingerprint density at radius 1 is 0.923 bits per heavy atom. The number of likely N-dealkylation sites (tertiary alicyclic amines) is 1. The van der Waals surface area contributed by atoms with Crippen LogP contribution >= 0.6 is 0 Å². The molecule has 2 atom stereocenters. The number of primary amides is 1. The number of rotatable bonds is 6. The van der Waals surface area contributed by atoms with Crippen molar-refractivity contribution in [2.45, 2.75) is 44.5 Å². The summed E-state index contributed by atoms with van der Waals surface area (Å²) in [4.78, 5) is 26.6. The minimum Gasteiger partial charge on any atom is -0.460 e. The summed E-state index contributed by atoms with van der Waals surface area (Å²) < 4.78 is 5.53. The van der Waals surface area contributed by atoms with Crippen LogP contribution in [0.1, 0.15) is 30.4 Å². The van der Waals surface area contributed by atoms with E-state index in [2.05, 4.69) is 0 Å². The summed E-state index contributed by atoms with van der Waals surface area (Å²) in [5, 5.41) is 0. The SMILES string of the molecule is NC(=O)[C@@H]1CCC[C@H](C(=O)OCc2ccccc2)N1Cc1ccccc1. The molecule has 2 aromatic rings. The Hall–Kier alpha value is -2.66. The lowest BCUT2D eigenvalue weighted by atomic mass is 9.94. The zero-order valence-electron chi connectivity index (χ0n) is 14.7. The first-order valence-electron chi connectivity index (χ1n) is 8.94. The van der Waals surface area contributed by atoms with E-state index in [1.54, 1.807) is 0 Å². The summed E-state index contributed by atoms with van der Waals surface area (Å²) in [7, 11) is 0. The number of hydrogen-bond acceptors (Lipinski definition) is 4. The van der Waals surface area contributed by atoms with Crippen LogP contribution in [0.2, 0.25) is 0 Å². The van der Waals surface area contributed by atoms with Crippen molar-refractivity contribution in [3.05, 3.63) is 71.8 Å². The summed E-state index contributed by atoms with van der Waals surface area (Å²) in [6.07, 6.45) is 2.12. The van der Waals surface area contributed by atoms with Crippen LogP contribution in [0.3, 0.4) is 0 Å². The molecule has 1 heterocycles. The average Bonchev–Trinajstić information content (AvgIpc) is 2.67. The first-order chi connectivity index (χ1) is 12.6. The molecule has 0 aliphatic carbocycles. The van der Waals surface area contributed by atoms with Crippen LogP contribution < -0.4 is 5.73 Å². The number of nitrogens with two attached hydrogens (primary N) is 1. The standard InChI is InChI=1S/C21H24N2O3/c22-20(24)18-12-7-13-19(23(18)14-16-8-3-1-4-9-16)21(25)26-15-17-10-5-2-6-11-17/h1-6,8-11,18-19H,7,12-15H2,(H2,22,24)/t18-,19+/m0/s1. The molecule has 1 fully saturated rings. The van der Waals surface area contributed by atoms with E-state index in [1.807, 2.05) is 65.6 Å². The number of carbonyl (C=O) groups excluding carboxylic acids is 2. The van der Waals surface area contributed by atoms with Crippen molar-refractivity contribution < 1.29 is 14.3 Å². The quantitative estimate of drug-likeness (QED) is 0.811. The van der Waals surface area contributed by atoms with Gasteiger partial charge in [-0.25, -0.2) is 0 Å². The molecule has 0 bridgehead atoms. The maximum atomic E-state index is 12.7. The maximum Gasteiger partial charge on any atom is 0.323 e. The second-order valence-electron chi connectivity index (χ2n) is 6.62. The van der Waals surface area contributed by atoms with E-state index in [9.17, 15) is 9.59 Å². The summed E-state index contributed by atoms with van der Waals surface area (Å²) in [6.45, 7) is 0.732. The summed E-state index contributed by atoms with van der Waals surface area (Å²) in [6, 6.07) is 18.5. The minimum absolute atomic E-state index is 0.233. The van der Waals surface area contributed by atoms with Crippen molar-refractivity contribution in [2.24, 2.45) is 5.73 Å². The highest BCUT2D eigenvalue weighted by atomic mass is 16.5. The Balaban J connectivity index is 1.73. The van der Waals surface area contributed by atoms with Gasteiger partial charge in [0.2, 0.25) is 5.91 Å². The van der Waals surface area contributed by atoms with E-state index in [1.165, 1.54) is 0 Å². The number of esters is 1. The fourth-order valence-corrected chi connectivity index (χ4v) is 3.45. The molecule has 1 saturated heterocycles. The fourth-order valence-electron chi connectivity index (χ4n) is 3.45. The first-order valence-corrected chi connectivity index (χ1v) is 8.94. The van der Waals surface area contributed by atoms with Gasteiger partial charge in [0.05, 0.1) is 6.04 Å². The highest BCUT2D eigenvalue weighted by Crippen LogP contribution is 2.26. The van der Waals surface area contributed by atoms with Gasteiger partial charge in [-0.05, 0) is 30.4 Å². The molecule has 0 saturated carbocycles. The molecule has 0 radical (unpaired) electrons. The van der Waals surface area contributed by atoms with E-state index in [0.29, 0.717) is 19.4 Å². The van der Waals surface area contributed by atoms with E-state index in [4.69, 9.17) is 10.5 Å². The number of benzene rings is 2. The predicted octanol–water partition coefficient (Wildman–Crippen LogP) is 2.64. The van der Waals surface area contributed by atoms with Gasteiger partial charge in [0, 0.05) is 6.54 Å². The van der Waals surface area contributed by atoms with Crippen LogP contribution in [0.4, 0.5) is 0 Å². The molecule has 136 valence electrons. The molecule has 0 unspecified atom stereocenters. The van der Waals surface area contributed by atoms with Crippen molar-refractivity contribution in [3.63, 3.8) is 0 Å². The van der Waals surface area contributed by atoms with Gasteiger partial charge >= 0.3 is 5.97 Å². The Bertz CT molecular complexity index is 733. The highest BCUT2D eigenvalue weighted by molar-refractivity contribution is 5.82. The Morgan fingerprint density at radius 3 is 2.12 bits per heavy atom. The second kappa shape index (κ2) is 8.63. The van der Waals surface area contributed by atoms with Gasteiger partial charge in [0.1, 0.15) is 12.6 Å². The monoisotopic (exact) mass is 352 g/mol. The van der Waals surface area contributed by atoms with Gasteiger partial charge in [0.25, 0.3) is 0 Å². The first kappa shape index (κ1) is 18.1. The lowest BCUT2D eigenvalue weighted by Crippen LogP contribution is -2.55. The molecule has 1 aliphatic rings. The summed E-state index contributed by atoms with van der Waals surface area (Å²) in [5.41, 5.74) is 7.59. The number of amides is 1. The molecule has 5 heteroatoms. The van der Waals surface area contributed by atoms with Crippen molar-refractivity contribution in [3.8, 4) is 0 Å². The number of carbonyl (C=O) groups is 2.